The fourth-order valence-corrected chi connectivity index (χ4v) is 1.30. The van der Waals surface area contributed by atoms with Crippen LogP contribution in [-0.4, -0.2) is 23.7 Å². The molecule has 2 N–H and O–H groups in total. The van der Waals surface area contributed by atoms with E-state index in [0.717, 1.165) is 10.0 Å². The second-order valence-corrected chi connectivity index (χ2v) is 3.43. The minimum absolute atomic E-state index is 0.486. The van der Waals surface area contributed by atoms with E-state index in [1.807, 2.05) is 6.07 Å². The molecule has 0 saturated carbocycles. The van der Waals surface area contributed by atoms with E-state index in [1.165, 1.54) is 0 Å². The molecule has 0 unspecified atom stereocenters. The van der Waals surface area contributed by atoms with E-state index < -0.39 is 6.10 Å². The van der Waals surface area contributed by atoms with Gasteiger partial charge in [0.2, 0.25) is 0 Å². The fourth-order valence-electron chi connectivity index (χ4n) is 0.922. The third-order valence-electron chi connectivity index (χ3n) is 1.51. The SMILES string of the molecule is CNC[C@@H](O)c1cncc(Br)c1. The molecular formula is C8H11BrN2O. The third-order valence-corrected chi connectivity index (χ3v) is 1.94. The first-order chi connectivity index (χ1) is 5.74. The topological polar surface area (TPSA) is 45.1 Å². The Morgan fingerprint density at radius 3 is 3.00 bits per heavy atom. The number of aliphatic hydroxyl groups excluding tert-OH is 1. The molecule has 12 heavy (non-hydrogen) atoms. The summed E-state index contributed by atoms with van der Waals surface area (Å²) < 4.78 is 0.884. The molecule has 0 amide bonds. The molecule has 3 nitrogen and oxygen atoms in total. The molecule has 0 aliphatic rings. The number of aromatic nitrogens is 1. The van der Waals surface area contributed by atoms with E-state index >= 15 is 0 Å². The van der Waals surface area contributed by atoms with Crippen LogP contribution in [0.3, 0.4) is 0 Å². The number of nitrogens with zero attached hydrogens (tertiary/aromatic N) is 1. The molecule has 1 atom stereocenters. The van der Waals surface area contributed by atoms with Crippen LogP contribution >= 0.6 is 15.9 Å². The van der Waals surface area contributed by atoms with Gasteiger partial charge < -0.3 is 10.4 Å². The van der Waals surface area contributed by atoms with Crippen LogP contribution in [0.2, 0.25) is 0 Å². The maximum Gasteiger partial charge on any atom is 0.0929 e. The standard InChI is InChI=1S/C8H11BrN2O/c1-10-5-8(12)6-2-7(9)4-11-3-6/h2-4,8,10,12H,5H2,1H3/t8-/m1/s1. The summed E-state index contributed by atoms with van der Waals surface area (Å²) in [6.45, 7) is 0.540. The molecule has 1 aromatic rings. The van der Waals surface area contributed by atoms with Gasteiger partial charge >= 0.3 is 0 Å². The minimum Gasteiger partial charge on any atom is -0.387 e. The zero-order valence-corrected chi connectivity index (χ0v) is 8.37. The van der Waals surface area contributed by atoms with Crippen LogP contribution < -0.4 is 5.32 Å². The van der Waals surface area contributed by atoms with E-state index in [-0.39, 0.29) is 0 Å². The van der Waals surface area contributed by atoms with Crippen LogP contribution in [-0.2, 0) is 0 Å². The zero-order chi connectivity index (χ0) is 8.97. The maximum absolute atomic E-state index is 9.52. The normalized spacial score (nSPS) is 12.9. The molecule has 0 saturated heterocycles. The van der Waals surface area contributed by atoms with Crippen molar-refractivity contribution in [3.05, 3.63) is 28.5 Å². The summed E-state index contributed by atoms with van der Waals surface area (Å²) >= 11 is 3.29. The second kappa shape index (κ2) is 4.54. The van der Waals surface area contributed by atoms with Crippen molar-refractivity contribution in [1.29, 1.82) is 0 Å². The summed E-state index contributed by atoms with van der Waals surface area (Å²) in [7, 11) is 1.80. The Labute approximate surface area is 80.0 Å². The van der Waals surface area contributed by atoms with Crippen molar-refractivity contribution < 1.29 is 5.11 Å². The lowest BCUT2D eigenvalue weighted by atomic mass is 10.2. The number of nitrogens with one attached hydrogen (secondary N) is 1. The van der Waals surface area contributed by atoms with Gasteiger partial charge in [-0.1, -0.05) is 0 Å². The molecule has 0 bridgehead atoms. The molecule has 1 heterocycles. The van der Waals surface area contributed by atoms with Crippen molar-refractivity contribution >= 4 is 15.9 Å². The Balaban J connectivity index is 2.73. The molecule has 0 fully saturated rings. The van der Waals surface area contributed by atoms with Crippen LogP contribution in [0.25, 0.3) is 0 Å². The van der Waals surface area contributed by atoms with Gasteiger partial charge in [-0.2, -0.15) is 0 Å². The Morgan fingerprint density at radius 1 is 1.67 bits per heavy atom. The van der Waals surface area contributed by atoms with Gasteiger partial charge in [0.1, 0.15) is 0 Å². The highest BCUT2D eigenvalue weighted by Gasteiger charge is 2.05. The van der Waals surface area contributed by atoms with Crippen LogP contribution in [0, 0.1) is 0 Å². The Bertz CT molecular complexity index is 255. The molecule has 0 spiro atoms. The van der Waals surface area contributed by atoms with Crippen LogP contribution in [0.5, 0.6) is 0 Å². The quantitative estimate of drug-likeness (QED) is 0.818. The predicted molar refractivity (Wildman–Crippen MR) is 50.8 cm³/mol. The molecule has 0 aliphatic heterocycles. The van der Waals surface area contributed by atoms with Gasteiger partial charge in [0.05, 0.1) is 6.10 Å². The fraction of sp³-hybridized carbons (Fsp3) is 0.375. The van der Waals surface area contributed by atoms with E-state index in [4.69, 9.17) is 0 Å². The Hall–Kier alpha value is -0.450. The molecular weight excluding hydrogens is 220 g/mol. The maximum atomic E-state index is 9.52. The number of aliphatic hydroxyl groups is 1. The largest absolute Gasteiger partial charge is 0.387 e. The highest BCUT2D eigenvalue weighted by molar-refractivity contribution is 9.10. The zero-order valence-electron chi connectivity index (χ0n) is 6.79. The average molecular weight is 231 g/mol. The van der Waals surface area contributed by atoms with E-state index in [0.29, 0.717) is 6.54 Å². The van der Waals surface area contributed by atoms with Gasteiger partial charge in [-0.3, -0.25) is 4.98 Å². The molecule has 0 aromatic carbocycles. The molecule has 4 heteroatoms. The predicted octanol–water partition coefficient (Wildman–Crippen LogP) is 1.10. The second-order valence-electron chi connectivity index (χ2n) is 2.51. The third kappa shape index (κ3) is 2.55. The molecule has 0 aliphatic carbocycles. The van der Waals surface area contributed by atoms with Gasteiger partial charge in [0, 0.05) is 29.0 Å². The summed E-state index contributed by atoms with van der Waals surface area (Å²) in [5.74, 6) is 0. The van der Waals surface area contributed by atoms with Crippen molar-refractivity contribution in [3.8, 4) is 0 Å². The first-order valence-corrected chi connectivity index (χ1v) is 4.46. The van der Waals surface area contributed by atoms with E-state index in [1.54, 1.807) is 19.4 Å². The summed E-state index contributed by atoms with van der Waals surface area (Å²) in [6, 6.07) is 1.86. The van der Waals surface area contributed by atoms with Gasteiger partial charge in [0.25, 0.3) is 0 Å². The van der Waals surface area contributed by atoms with Gasteiger partial charge in [-0.25, -0.2) is 0 Å². The summed E-state index contributed by atoms with van der Waals surface area (Å²) in [5, 5.41) is 12.4. The molecule has 1 aromatic heterocycles. The van der Waals surface area contributed by atoms with Crippen LogP contribution in [0.4, 0.5) is 0 Å². The lowest BCUT2D eigenvalue weighted by Gasteiger charge is -2.09. The Kier molecular flexibility index (Phi) is 3.65. The number of likely N-dealkylation sites (N-methyl/N-ethyl adjacent to an activating group) is 1. The van der Waals surface area contributed by atoms with Crippen LogP contribution in [0.15, 0.2) is 22.9 Å². The first-order valence-electron chi connectivity index (χ1n) is 3.67. The smallest absolute Gasteiger partial charge is 0.0929 e. The summed E-state index contributed by atoms with van der Waals surface area (Å²) in [6.07, 6.45) is 2.86. The highest BCUT2D eigenvalue weighted by atomic mass is 79.9. The lowest BCUT2D eigenvalue weighted by molar-refractivity contribution is 0.177. The van der Waals surface area contributed by atoms with Crippen molar-refractivity contribution in [2.75, 3.05) is 13.6 Å². The van der Waals surface area contributed by atoms with E-state index in [2.05, 4.69) is 26.2 Å². The van der Waals surface area contributed by atoms with Gasteiger partial charge in [-0.05, 0) is 29.0 Å². The minimum atomic E-state index is -0.486. The Morgan fingerprint density at radius 2 is 2.42 bits per heavy atom. The molecule has 0 radical (unpaired) electrons. The first kappa shape index (κ1) is 9.64. The van der Waals surface area contributed by atoms with Crippen molar-refractivity contribution in [1.82, 2.24) is 10.3 Å². The number of rotatable bonds is 3. The number of hydrogen-bond acceptors (Lipinski definition) is 3. The van der Waals surface area contributed by atoms with Crippen molar-refractivity contribution in [2.24, 2.45) is 0 Å². The number of halogens is 1. The average Bonchev–Trinajstić information content (AvgIpc) is 2.05. The molecule has 66 valence electrons. The van der Waals surface area contributed by atoms with E-state index in [9.17, 15) is 5.11 Å². The van der Waals surface area contributed by atoms with Gasteiger partial charge in [0.15, 0.2) is 0 Å². The monoisotopic (exact) mass is 230 g/mol. The van der Waals surface area contributed by atoms with Crippen molar-refractivity contribution in [2.45, 2.75) is 6.10 Å². The summed E-state index contributed by atoms with van der Waals surface area (Å²) in [5.41, 5.74) is 0.818. The molecule has 1 rings (SSSR count). The summed E-state index contributed by atoms with van der Waals surface area (Å²) in [4.78, 5) is 3.95. The van der Waals surface area contributed by atoms with Crippen molar-refractivity contribution in [3.63, 3.8) is 0 Å². The number of hydrogen-bond donors (Lipinski definition) is 2. The van der Waals surface area contributed by atoms with Crippen LogP contribution in [0.1, 0.15) is 11.7 Å². The highest BCUT2D eigenvalue weighted by Crippen LogP contribution is 2.15. The lowest BCUT2D eigenvalue weighted by Crippen LogP contribution is -2.16. The number of pyridine rings is 1. The van der Waals surface area contributed by atoms with Gasteiger partial charge in [-0.15, -0.1) is 0 Å².